The Morgan fingerprint density at radius 3 is 1.94 bits per heavy atom. The normalized spacial score (nSPS) is 12.1. The molecule has 172 valence electrons. The minimum Gasteiger partial charge on any atom is -0.493 e. The average molecular weight is 448 g/mol. The van der Waals surface area contributed by atoms with E-state index in [-0.39, 0.29) is 12.5 Å². The predicted octanol–water partition coefficient (Wildman–Crippen LogP) is 7.36. The number of anilines is 1. The summed E-state index contributed by atoms with van der Waals surface area (Å²) in [5.74, 6) is -0.291. The van der Waals surface area contributed by atoms with E-state index in [0.717, 1.165) is 61.9 Å². The minimum absolute atomic E-state index is 0.192. The summed E-state index contributed by atoms with van der Waals surface area (Å²) in [4.78, 5) is 13.8. The second-order valence-corrected chi connectivity index (χ2v) is 12.4. The summed E-state index contributed by atoms with van der Waals surface area (Å²) in [7, 11) is -1.47. The van der Waals surface area contributed by atoms with E-state index in [2.05, 4.69) is 26.8 Å². The molecule has 0 radical (unpaired) electrons. The molecule has 1 amide bonds. The Hall–Kier alpha value is -2.05. The summed E-state index contributed by atoms with van der Waals surface area (Å²) < 4.78 is 5.19. The Bertz CT molecular complexity index is 706. The molecule has 0 saturated heterocycles. The third-order valence-corrected chi connectivity index (χ3v) is 10.3. The Morgan fingerprint density at radius 2 is 1.52 bits per heavy atom. The zero-order chi connectivity index (χ0) is 23.1. The first-order chi connectivity index (χ1) is 15.0. The SMILES string of the molecule is CCCC[P+](CCCC)(CCCC)C/C(C#N)=C(\O)N(C(=O)OCC)c1ccccc1. The molecule has 0 bridgehead atoms. The summed E-state index contributed by atoms with van der Waals surface area (Å²) in [5.41, 5.74) is 0.791. The zero-order valence-electron chi connectivity index (χ0n) is 19.8. The fraction of sp³-hybridized carbons (Fsp3) is 0.600. The summed E-state index contributed by atoms with van der Waals surface area (Å²) in [6.45, 7) is 8.52. The molecule has 5 nitrogen and oxygen atoms in total. The predicted molar refractivity (Wildman–Crippen MR) is 132 cm³/mol. The highest BCUT2D eigenvalue weighted by Crippen LogP contribution is 2.62. The van der Waals surface area contributed by atoms with Crippen LogP contribution in [0.3, 0.4) is 0 Å². The van der Waals surface area contributed by atoms with Crippen molar-refractivity contribution in [1.82, 2.24) is 0 Å². The highest BCUT2D eigenvalue weighted by atomic mass is 31.2. The van der Waals surface area contributed by atoms with E-state index >= 15 is 0 Å². The lowest BCUT2D eigenvalue weighted by molar-refractivity contribution is 0.158. The van der Waals surface area contributed by atoms with Crippen LogP contribution in [0, 0.1) is 11.3 Å². The van der Waals surface area contributed by atoms with Crippen molar-refractivity contribution in [3.8, 4) is 6.07 Å². The number of nitrogens with zero attached hydrogens (tertiary/aromatic N) is 2. The van der Waals surface area contributed by atoms with Crippen LogP contribution in [0.4, 0.5) is 10.5 Å². The fourth-order valence-corrected chi connectivity index (χ4v) is 8.75. The number of rotatable bonds is 14. The Labute approximate surface area is 189 Å². The van der Waals surface area contributed by atoms with Gasteiger partial charge in [-0.15, -0.1) is 0 Å². The highest BCUT2D eigenvalue weighted by molar-refractivity contribution is 7.76. The number of aliphatic hydroxyl groups is 1. The third-order valence-electron chi connectivity index (χ3n) is 5.53. The van der Waals surface area contributed by atoms with Gasteiger partial charge < -0.3 is 9.84 Å². The Kier molecular flexibility index (Phi) is 12.9. The molecule has 0 atom stereocenters. The van der Waals surface area contributed by atoms with E-state index in [1.54, 1.807) is 31.2 Å². The Morgan fingerprint density at radius 1 is 1.00 bits per heavy atom. The monoisotopic (exact) mass is 447 g/mol. The highest BCUT2D eigenvalue weighted by Gasteiger charge is 2.39. The van der Waals surface area contributed by atoms with Crippen molar-refractivity contribution < 1.29 is 14.6 Å². The van der Waals surface area contributed by atoms with Gasteiger partial charge in [0.25, 0.3) is 0 Å². The van der Waals surface area contributed by atoms with Crippen LogP contribution in [0.5, 0.6) is 0 Å². The van der Waals surface area contributed by atoms with Gasteiger partial charge in [0.15, 0.2) is 0 Å². The molecule has 0 aliphatic heterocycles. The van der Waals surface area contributed by atoms with Crippen LogP contribution in [-0.4, -0.2) is 42.5 Å². The molecule has 1 rings (SSSR count). The number of carbonyl (C=O) groups is 1. The molecule has 0 heterocycles. The topological polar surface area (TPSA) is 73.6 Å². The molecule has 0 aliphatic carbocycles. The number of carbonyl (C=O) groups excluding carboxylic acids is 1. The average Bonchev–Trinajstić information content (AvgIpc) is 2.79. The number of allylic oxidation sites excluding steroid dienone is 1. The fourth-order valence-electron chi connectivity index (χ4n) is 3.76. The van der Waals surface area contributed by atoms with Gasteiger partial charge in [-0.25, -0.2) is 9.69 Å². The number of hydrogen-bond acceptors (Lipinski definition) is 4. The minimum atomic E-state index is -1.47. The van der Waals surface area contributed by atoms with Gasteiger partial charge in [-0.2, -0.15) is 5.26 Å². The number of amides is 1. The molecule has 1 N–H and O–H groups in total. The van der Waals surface area contributed by atoms with Crippen molar-refractivity contribution in [3.05, 3.63) is 41.8 Å². The van der Waals surface area contributed by atoms with Crippen molar-refractivity contribution in [3.63, 3.8) is 0 Å². The van der Waals surface area contributed by atoms with Crippen LogP contribution in [0.1, 0.15) is 66.2 Å². The van der Waals surface area contributed by atoms with E-state index in [4.69, 9.17) is 4.74 Å². The first-order valence-corrected chi connectivity index (χ1v) is 14.2. The second kappa shape index (κ2) is 14.9. The lowest BCUT2D eigenvalue weighted by Crippen LogP contribution is -2.32. The number of nitriles is 1. The van der Waals surface area contributed by atoms with Gasteiger partial charge in [-0.05, 0) is 38.3 Å². The van der Waals surface area contributed by atoms with Crippen LogP contribution < -0.4 is 4.90 Å². The molecule has 0 aromatic heterocycles. The maximum absolute atomic E-state index is 12.7. The van der Waals surface area contributed by atoms with Crippen LogP contribution in [0.15, 0.2) is 41.8 Å². The van der Waals surface area contributed by atoms with Crippen LogP contribution >= 0.6 is 7.26 Å². The second-order valence-electron chi connectivity index (χ2n) is 8.02. The van der Waals surface area contributed by atoms with Crippen molar-refractivity contribution in [2.24, 2.45) is 0 Å². The quantitative estimate of drug-likeness (QED) is 0.184. The molecule has 31 heavy (non-hydrogen) atoms. The van der Waals surface area contributed by atoms with Crippen molar-refractivity contribution in [2.75, 3.05) is 36.2 Å². The van der Waals surface area contributed by atoms with E-state index < -0.39 is 13.4 Å². The van der Waals surface area contributed by atoms with Gasteiger partial charge in [-0.1, -0.05) is 58.2 Å². The van der Waals surface area contributed by atoms with Crippen LogP contribution in [0.2, 0.25) is 0 Å². The molecule has 0 fully saturated rings. The lowest BCUT2D eigenvalue weighted by Gasteiger charge is -2.29. The Balaban J connectivity index is 3.42. The molecule has 6 heteroatoms. The largest absolute Gasteiger partial charge is 0.493 e. The molecule has 0 aliphatic rings. The molecule has 1 aromatic rings. The van der Waals surface area contributed by atoms with Gasteiger partial charge in [0.1, 0.15) is 11.6 Å². The molecule has 0 spiro atoms. The lowest BCUT2D eigenvalue weighted by atomic mass is 10.2. The standard InChI is InChI=1S/C25H39N2O3P/c1-5-9-17-31(18-10-6-2,19-11-7-3)21-22(20-26)24(28)27(25(29)30-8-4)23-15-13-12-14-16-23/h12-16H,5-11,17-19,21H2,1-4H3/p+1/b24-22-. The van der Waals surface area contributed by atoms with Gasteiger partial charge in [0.2, 0.25) is 5.88 Å². The molecular weight excluding hydrogens is 407 g/mol. The van der Waals surface area contributed by atoms with E-state index in [1.165, 1.54) is 0 Å². The number of unbranched alkanes of at least 4 members (excludes halogenated alkanes) is 3. The zero-order valence-corrected chi connectivity index (χ0v) is 20.7. The van der Waals surface area contributed by atoms with Gasteiger partial charge in [0, 0.05) is 7.26 Å². The molecular formula is C25H40N2O3P+. The number of hydrogen-bond donors (Lipinski definition) is 1. The van der Waals surface area contributed by atoms with Gasteiger partial charge >= 0.3 is 6.09 Å². The maximum atomic E-state index is 12.7. The maximum Gasteiger partial charge on any atom is 0.421 e. The van der Waals surface area contributed by atoms with Crippen LogP contribution in [-0.2, 0) is 4.74 Å². The first-order valence-electron chi connectivity index (χ1n) is 11.7. The van der Waals surface area contributed by atoms with E-state index in [9.17, 15) is 15.2 Å². The van der Waals surface area contributed by atoms with Crippen molar-refractivity contribution in [2.45, 2.75) is 66.2 Å². The summed E-state index contributed by atoms with van der Waals surface area (Å²) in [5, 5.41) is 21.2. The van der Waals surface area contributed by atoms with Crippen molar-refractivity contribution in [1.29, 1.82) is 5.26 Å². The number of benzene rings is 1. The van der Waals surface area contributed by atoms with Crippen LogP contribution in [0.25, 0.3) is 0 Å². The number of para-hydroxylation sites is 1. The third kappa shape index (κ3) is 8.54. The van der Waals surface area contributed by atoms with Gasteiger partial charge in [0.05, 0.1) is 36.9 Å². The van der Waals surface area contributed by atoms with E-state index in [1.807, 2.05) is 6.07 Å². The molecule has 0 unspecified atom stereocenters. The first kappa shape index (κ1) is 27.0. The van der Waals surface area contributed by atoms with E-state index in [0.29, 0.717) is 17.4 Å². The molecule has 0 saturated carbocycles. The molecule has 1 aromatic carbocycles. The van der Waals surface area contributed by atoms with Gasteiger partial charge in [-0.3, -0.25) is 0 Å². The summed E-state index contributed by atoms with van der Waals surface area (Å²) >= 11 is 0. The summed E-state index contributed by atoms with van der Waals surface area (Å²) in [6, 6.07) is 11.1. The number of ether oxygens (including phenoxy) is 1. The summed E-state index contributed by atoms with van der Waals surface area (Å²) in [6.07, 6.45) is 10.1. The van der Waals surface area contributed by atoms with Crippen molar-refractivity contribution >= 4 is 19.0 Å². The number of aliphatic hydroxyl groups excluding tert-OH is 1. The smallest absolute Gasteiger partial charge is 0.421 e.